The van der Waals surface area contributed by atoms with E-state index in [2.05, 4.69) is 44.2 Å². The quantitative estimate of drug-likeness (QED) is 0.163. The van der Waals surface area contributed by atoms with Gasteiger partial charge in [0.15, 0.2) is 11.6 Å². The van der Waals surface area contributed by atoms with Gasteiger partial charge in [-0.25, -0.2) is 0 Å². The fourth-order valence-electron chi connectivity index (χ4n) is 2.96. The summed E-state index contributed by atoms with van der Waals surface area (Å²) in [6.07, 6.45) is 0. The van der Waals surface area contributed by atoms with E-state index < -0.39 is 0 Å². The van der Waals surface area contributed by atoms with Gasteiger partial charge in [0.25, 0.3) is 0 Å². The maximum absolute atomic E-state index is 12.0. The molecule has 0 amide bonds. The highest BCUT2D eigenvalue weighted by atomic mass is 80.9. The third kappa shape index (κ3) is 8.50. The van der Waals surface area contributed by atoms with E-state index >= 15 is 0 Å². The lowest BCUT2D eigenvalue weighted by molar-refractivity contribution is 0.103. The van der Waals surface area contributed by atoms with Crippen LogP contribution in [-0.4, -0.2) is 11.6 Å². The maximum atomic E-state index is 12.0. The van der Waals surface area contributed by atoms with Crippen molar-refractivity contribution >= 4 is 55.8 Å². The molecule has 0 saturated carbocycles. The molecular weight excluding hydrogens is 608 g/mol. The molecule has 0 aliphatic rings. The van der Waals surface area contributed by atoms with Crippen LogP contribution < -0.4 is 0 Å². The second kappa shape index (κ2) is 14.7. The second-order valence-corrected chi connectivity index (χ2v) is 7.65. The standard InChI is InChI=1S/C14H11BrO.C14H12O.Br2/c15-10-11-6-8-13(9-7-11)14(16)12-4-2-1-3-5-12;1-11-7-9-13(10-8-11)14(15)12-5-3-2-4-6-12;1-2/h1-9H,10H2;2-10H,1H3;. The third-order valence-corrected chi connectivity index (χ3v) is 5.40. The first-order valence-electron chi connectivity index (χ1n) is 10.1. The molecule has 0 unspecified atom stereocenters. The van der Waals surface area contributed by atoms with Gasteiger partial charge in [0.2, 0.25) is 0 Å². The summed E-state index contributed by atoms with van der Waals surface area (Å²) < 4.78 is 0. The van der Waals surface area contributed by atoms with Crippen molar-refractivity contribution in [1.82, 2.24) is 0 Å². The van der Waals surface area contributed by atoms with Gasteiger partial charge in [-0.15, -0.1) is 0 Å². The minimum Gasteiger partial charge on any atom is -0.289 e. The van der Waals surface area contributed by atoms with Gasteiger partial charge < -0.3 is 0 Å². The smallest absolute Gasteiger partial charge is 0.193 e. The summed E-state index contributed by atoms with van der Waals surface area (Å²) in [6, 6.07) is 34.0. The van der Waals surface area contributed by atoms with Crippen molar-refractivity contribution < 1.29 is 9.59 Å². The Morgan fingerprint density at radius 3 is 1.24 bits per heavy atom. The van der Waals surface area contributed by atoms with Gasteiger partial charge in [0.1, 0.15) is 0 Å². The summed E-state index contributed by atoms with van der Waals surface area (Å²) in [7, 11) is 0. The summed E-state index contributed by atoms with van der Waals surface area (Å²) in [5, 5.41) is 0.812. The Balaban J connectivity index is 0.000000218. The molecule has 2 nitrogen and oxygen atoms in total. The topological polar surface area (TPSA) is 34.1 Å². The predicted molar refractivity (Wildman–Crippen MR) is 148 cm³/mol. The monoisotopic (exact) mass is 628 g/mol. The maximum Gasteiger partial charge on any atom is 0.193 e. The highest BCUT2D eigenvalue weighted by Crippen LogP contribution is 2.13. The van der Waals surface area contributed by atoms with Crippen LogP contribution in [0.15, 0.2) is 109 Å². The zero-order valence-corrected chi connectivity index (χ0v) is 22.8. The van der Waals surface area contributed by atoms with Crippen molar-refractivity contribution in [3.05, 3.63) is 143 Å². The molecule has 33 heavy (non-hydrogen) atoms. The molecule has 0 aliphatic carbocycles. The molecule has 4 rings (SSSR count). The summed E-state index contributed by atoms with van der Waals surface area (Å²) >= 11 is 8.88. The first-order valence-corrected chi connectivity index (χ1v) is 15.0. The Labute approximate surface area is 219 Å². The van der Waals surface area contributed by atoms with Crippen LogP contribution in [0.1, 0.15) is 43.0 Å². The molecule has 0 atom stereocenters. The van der Waals surface area contributed by atoms with E-state index in [0.717, 1.165) is 27.6 Å². The van der Waals surface area contributed by atoms with Crippen molar-refractivity contribution in [3.8, 4) is 0 Å². The van der Waals surface area contributed by atoms with Gasteiger partial charge in [-0.1, -0.05) is 131 Å². The average Bonchev–Trinajstić information content (AvgIpc) is 2.91. The summed E-state index contributed by atoms with van der Waals surface area (Å²) in [5.41, 5.74) is 5.28. The fourth-order valence-corrected chi connectivity index (χ4v) is 3.34. The molecule has 0 N–H and O–H groups in total. The number of alkyl halides is 1. The molecule has 0 aromatic heterocycles. The Morgan fingerprint density at radius 1 is 0.545 bits per heavy atom. The molecule has 0 heterocycles. The number of aryl methyl sites for hydroxylation is 1. The van der Waals surface area contributed by atoms with Crippen molar-refractivity contribution in [1.29, 1.82) is 0 Å². The number of benzene rings is 4. The zero-order valence-electron chi connectivity index (χ0n) is 18.0. The van der Waals surface area contributed by atoms with Gasteiger partial charge in [0, 0.05) is 55.8 Å². The van der Waals surface area contributed by atoms with Crippen LogP contribution in [-0.2, 0) is 5.33 Å². The van der Waals surface area contributed by atoms with E-state index in [1.165, 1.54) is 11.1 Å². The molecule has 168 valence electrons. The van der Waals surface area contributed by atoms with E-state index in [-0.39, 0.29) is 11.6 Å². The minimum atomic E-state index is 0.0710. The number of ketones is 2. The fraction of sp³-hybridized carbons (Fsp3) is 0.0714. The van der Waals surface area contributed by atoms with Crippen LogP contribution in [0, 0.1) is 6.92 Å². The van der Waals surface area contributed by atoms with Crippen LogP contribution in [0.2, 0.25) is 0 Å². The lowest BCUT2D eigenvalue weighted by Gasteiger charge is -2.01. The molecule has 4 aromatic rings. The normalized spacial score (nSPS) is 9.58. The third-order valence-electron chi connectivity index (χ3n) is 4.76. The molecule has 0 saturated heterocycles. The Kier molecular flexibility index (Phi) is 12.0. The molecule has 0 radical (unpaired) electrons. The molecule has 0 spiro atoms. The number of carbonyl (C=O) groups excluding carboxylic acids is 2. The number of carbonyl (C=O) groups is 2. The van der Waals surface area contributed by atoms with Gasteiger partial charge in [-0.2, -0.15) is 0 Å². The van der Waals surface area contributed by atoms with Crippen molar-refractivity contribution in [3.63, 3.8) is 0 Å². The summed E-state index contributed by atoms with van der Waals surface area (Å²) in [6.45, 7) is 2.01. The molecule has 0 bridgehead atoms. The number of halogens is 3. The second-order valence-electron chi connectivity index (χ2n) is 7.09. The highest BCUT2D eigenvalue weighted by Gasteiger charge is 2.08. The summed E-state index contributed by atoms with van der Waals surface area (Å²) in [5.74, 6) is 0.150. The van der Waals surface area contributed by atoms with Crippen LogP contribution in [0.3, 0.4) is 0 Å². The van der Waals surface area contributed by atoms with E-state index in [1.807, 2.05) is 116 Å². The lowest BCUT2D eigenvalue weighted by atomic mass is 10.0. The first kappa shape index (κ1) is 26.9. The van der Waals surface area contributed by atoms with Gasteiger partial charge in [-0.3, -0.25) is 9.59 Å². The van der Waals surface area contributed by atoms with Crippen molar-refractivity contribution in [2.45, 2.75) is 12.3 Å². The molecule has 5 heteroatoms. The Bertz CT molecular complexity index is 1130. The van der Waals surface area contributed by atoms with Crippen LogP contribution >= 0.6 is 44.2 Å². The highest BCUT2D eigenvalue weighted by molar-refractivity contribution is 9.93. The predicted octanol–water partition coefficient (Wildman–Crippen LogP) is 8.73. The molecule has 0 fully saturated rings. The number of rotatable bonds is 5. The number of hydrogen-bond donors (Lipinski definition) is 0. The van der Waals surface area contributed by atoms with Gasteiger partial charge in [0.05, 0.1) is 0 Å². The Hall–Kier alpha value is -2.34. The molecule has 0 aliphatic heterocycles. The van der Waals surface area contributed by atoms with Gasteiger partial charge in [-0.05, 0) is 12.5 Å². The van der Waals surface area contributed by atoms with Crippen LogP contribution in [0.25, 0.3) is 0 Å². The van der Waals surface area contributed by atoms with E-state index in [9.17, 15) is 9.59 Å². The molecule has 4 aromatic carbocycles. The minimum absolute atomic E-state index is 0.0710. The first-order chi connectivity index (χ1) is 16.1. The summed E-state index contributed by atoms with van der Waals surface area (Å²) in [4.78, 5) is 24.0. The van der Waals surface area contributed by atoms with E-state index in [1.54, 1.807) is 0 Å². The van der Waals surface area contributed by atoms with Gasteiger partial charge >= 0.3 is 0 Å². The van der Waals surface area contributed by atoms with Crippen molar-refractivity contribution in [2.24, 2.45) is 0 Å². The molecular formula is C28H23Br3O2. The average molecular weight is 631 g/mol. The van der Waals surface area contributed by atoms with E-state index in [0.29, 0.717) is 0 Å². The van der Waals surface area contributed by atoms with E-state index in [4.69, 9.17) is 0 Å². The SMILES string of the molecule is BrBr.Cc1ccc(C(=O)c2ccccc2)cc1.O=C(c1ccccc1)c1ccc(CBr)cc1. The van der Waals surface area contributed by atoms with Crippen LogP contribution in [0.4, 0.5) is 0 Å². The number of hydrogen-bond acceptors (Lipinski definition) is 2. The Morgan fingerprint density at radius 2 is 0.879 bits per heavy atom. The van der Waals surface area contributed by atoms with Crippen LogP contribution in [0.5, 0.6) is 0 Å². The largest absolute Gasteiger partial charge is 0.289 e. The van der Waals surface area contributed by atoms with Crippen molar-refractivity contribution in [2.75, 3.05) is 0 Å². The lowest BCUT2D eigenvalue weighted by Crippen LogP contribution is -2.00. The zero-order chi connectivity index (χ0) is 24.1.